The molecule has 0 bridgehead atoms. The molecule has 0 saturated carbocycles. The standard InChI is InChI=1S/C21H18FN3O2/c22-15-7-4-8-17(11-15)25-13-16(12-20(25)26)23-21(27)24-19-10-3-6-14-5-1-2-9-18(14)19/h1-11,16H,12-13H2,(H2,23,24,27)/t16-/m0/s1. The normalized spacial score (nSPS) is 16.6. The van der Waals surface area contributed by atoms with Gasteiger partial charge in [-0.1, -0.05) is 42.5 Å². The molecule has 0 unspecified atom stereocenters. The molecule has 136 valence electrons. The molecule has 0 aliphatic carbocycles. The summed E-state index contributed by atoms with van der Waals surface area (Å²) in [7, 11) is 0. The van der Waals surface area contributed by atoms with Gasteiger partial charge in [-0.15, -0.1) is 0 Å². The van der Waals surface area contributed by atoms with Crippen LogP contribution in [0.3, 0.4) is 0 Å². The van der Waals surface area contributed by atoms with Gasteiger partial charge >= 0.3 is 6.03 Å². The Kier molecular flexibility index (Phi) is 4.46. The zero-order valence-electron chi connectivity index (χ0n) is 14.5. The molecule has 1 saturated heterocycles. The Morgan fingerprint density at radius 1 is 1.04 bits per heavy atom. The second-order valence-corrected chi connectivity index (χ2v) is 6.51. The number of hydrogen-bond acceptors (Lipinski definition) is 2. The molecule has 0 radical (unpaired) electrons. The van der Waals surface area contributed by atoms with E-state index in [0.717, 1.165) is 10.8 Å². The first-order valence-corrected chi connectivity index (χ1v) is 8.71. The van der Waals surface area contributed by atoms with Crippen molar-refractivity contribution in [3.05, 3.63) is 72.5 Å². The molecule has 2 N–H and O–H groups in total. The Hall–Kier alpha value is -3.41. The highest BCUT2D eigenvalue weighted by Gasteiger charge is 2.31. The van der Waals surface area contributed by atoms with Gasteiger partial charge < -0.3 is 15.5 Å². The summed E-state index contributed by atoms with van der Waals surface area (Å²) in [6.45, 7) is 0.311. The molecular weight excluding hydrogens is 345 g/mol. The van der Waals surface area contributed by atoms with Crippen LogP contribution in [-0.2, 0) is 4.79 Å². The van der Waals surface area contributed by atoms with Crippen molar-refractivity contribution in [2.75, 3.05) is 16.8 Å². The number of nitrogens with zero attached hydrogens (tertiary/aromatic N) is 1. The highest BCUT2D eigenvalue weighted by atomic mass is 19.1. The molecule has 1 fully saturated rings. The first-order valence-electron chi connectivity index (χ1n) is 8.71. The second-order valence-electron chi connectivity index (χ2n) is 6.51. The fraction of sp³-hybridized carbons (Fsp3) is 0.143. The van der Waals surface area contributed by atoms with Crippen molar-refractivity contribution in [2.24, 2.45) is 0 Å². The number of hydrogen-bond donors (Lipinski definition) is 2. The number of carbonyl (C=O) groups excluding carboxylic acids is 2. The van der Waals surface area contributed by atoms with Crippen LogP contribution < -0.4 is 15.5 Å². The largest absolute Gasteiger partial charge is 0.333 e. The Morgan fingerprint density at radius 2 is 1.81 bits per heavy atom. The van der Waals surface area contributed by atoms with Gasteiger partial charge in [0, 0.05) is 24.0 Å². The van der Waals surface area contributed by atoms with Crippen LogP contribution in [0.5, 0.6) is 0 Å². The molecule has 1 atom stereocenters. The number of rotatable bonds is 3. The minimum absolute atomic E-state index is 0.143. The van der Waals surface area contributed by atoms with Crippen molar-refractivity contribution in [1.82, 2.24) is 5.32 Å². The maximum atomic E-state index is 13.4. The van der Waals surface area contributed by atoms with Gasteiger partial charge in [0.15, 0.2) is 0 Å². The summed E-state index contributed by atoms with van der Waals surface area (Å²) in [6, 6.07) is 18.6. The van der Waals surface area contributed by atoms with Crippen molar-refractivity contribution in [2.45, 2.75) is 12.5 Å². The van der Waals surface area contributed by atoms with E-state index in [1.165, 1.54) is 17.0 Å². The van der Waals surface area contributed by atoms with E-state index in [1.807, 2.05) is 42.5 Å². The van der Waals surface area contributed by atoms with E-state index < -0.39 is 5.82 Å². The van der Waals surface area contributed by atoms with Crippen LogP contribution in [0.2, 0.25) is 0 Å². The number of carbonyl (C=O) groups is 2. The molecule has 1 aliphatic heterocycles. The minimum atomic E-state index is -0.398. The third-order valence-electron chi connectivity index (χ3n) is 4.62. The van der Waals surface area contributed by atoms with Gasteiger partial charge in [0.1, 0.15) is 5.82 Å². The van der Waals surface area contributed by atoms with E-state index in [1.54, 1.807) is 12.1 Å². The predicted octanol–water partition coefficient (Wildman–Crippen LogP) is 3.91. The van der Waals surface area contributed by atoms with E-state index in [2.05, 4.69) is 10.6 Å². The van der Waals surface area contributed by atoms with E-state index in [-0.39, 0.29) is 24.4 Å². The number of fused-ring (bicyclic) bond motifs is 1. The molecule has 1 aliphatic rings. The summed E-state index contributed by atoms with van der Waals surface area (Å²) in [5, 5.41) is 7.66. The molecule has 27 heavy (non-hydrogen) atoms. The second kappa shape index (κ2) is 7.07. The van der Waals surface area contributed by atoms with Crippen LogP contribution in [0.15, 0.2) is 66.7 Å². The molecule has 3 aromatic carbocycles. The molecule has 5 nitrogen and oxygen atoms in total. The zero-order valence-corrected chi connectivity index (χ0v) is 14.5. The Labute approximate surface area is 155 Å². The van der Waals surface area contributed by atoms with Crippen molar-refractivity contribution in [3.8, 4) is 0 Å². The molecule has 6 heteroatoms. The first kappa shape index (κ1) is 17.0. The molecule has 1 heterocycles. The van der Waals surface area contributed by atoms with Gasteiger partial charge in [0.2, 0.25) is 5.91 Å². The fourth-order valence-corrected chi connectivity index (χ4v) is 3.38. The first-order chi connectivity index (χ1) is 13.1. The summed E-state index contributed by atoms with van der Waals surface area (Å²) in [5.41, 5.74) is 1.20. The van der Waals surface area contributed by atoms with Crippen LogP contribution in [0, 0.1) is 5.82 Å². The van der Waals surface area contributed by atoms with E-state index >= 15 is 0 Å². The van der Waals surface area contributed by atoms with Crippen molar-refractivity contribution in [3.63, 3.8) is 0 Å². The lowest BCUT2D eigenvalue weighted by Gasteiger charge is -2.17. The highest BCUT2D eigenvalue weighted by molar-refractivity contribution is 6.02. The van der Waals surface area contributed by atoms with Gasteiger partial charge in [-0.05, 0) is 29.7 Å². The van der Waals surface area contributed by atoms with Crippen LogP contribution >= 0.6 is 0 Å². The van der Waals surface area contributed by atoms with Gasteiger partial charge in [0.05, 0.1) is 11.7 Å². The summed E-state index contributed by atoms with van der Waals surface area (Å²) in [6.07, 6.45) is 0.180. The monoisotopic (exact) mass is 363 g/mol. The Morgan fingerprint density at radius 3 is 2.67 bits per heavy atom. The SMILES string of the molecule is O=C(Nc1cccc2ccccc12)N[C@H]1CC(=O)N(c2cccc(F)c2)C1. The maximum Gasteiger partial charge on any atom is 0.319 e. The Bertz CT molecular complexity index is 1020. The van der Waals surface area contributed by atoms with E-state index in [4.69, 9.17) is 0 Å². The van der Waals surface area contributed by atoms with E-state index in [0.29, 0.717) is 17.9 Å². The lowest BCUT2D eigenvalue weighted by molar-refractivity contribution is -0.117. The number of benzene rings is 3. The number of urea groups is 1. The van der Waals surface area contributed by atoms with Gasteiger partial charge in [-0.3, -0.25) is 4.79 Å². The average molecular weight is 363 g/mol. The summed E-state index contributed by atoms with van der Waals surface area (Å²) in [4.78, 5) is 26.1. The summed E-state index contributed by atoms with van der Waals surface area (Å²) < 4.78 is 13.4. The van der Waals surface area contributed by atoms with E-state index in [9.17, 15) is 14.0 Å². The number of amides is 3. The van der Waals surface area contributed by atoms with Gasteiger partial charge in [-0.25, -0.2) is 9.18 Å². The van der Waals surface area contributed by atoms with Crippen LogP contribution in [0.1, 0.15) is 6.42 Å². The molecule has 4 rings (SSSR count). The predicted molar refractivity (Wildman–Crippen MR) is 103 cm³/mol. The lowest BCUT2D eigenvalue weighted by Crippen LogP contribution is -2.39. The average Bonchev–Trinajstić information content (AvgIpc) is 3.02. The molecule has 3 aromatic rings. The zero-order chi connectivity index (χ0) is 18.8. The Balaban J connectivity index is 1.44. The summed E-state index contributed by atoms with van der Waals surface area (Å²) in [5.74, 6) is -0.540. The van der Waals surface area contributed by atoms with Crippen molar-refractivity contribution < 1.29 is 14.0 Å². The van der Waals surface area contributed by atoms with Crippen LogP contribution in [0.4, 0.5) is 20.6 Å². The molecule has 3 amide bonds. The van der Waals surface area contributed by atoms with Gasteiger partial charge in [-0.2, -0.15) is 0 Å². The third-order valence-corrected chi connectivity index (χ3v) is 4.62. The molecule has 0 aromatic heterocycles. The number of nitrogens with one attached hydrogen (secondary N) is 2. The van der Waals surface area contributed by atoms with Crippen molar-refractivity contribution in [1.29, 1.82) is 0 Å². The maximum absolute atomic E-state index is 13.4. The highest BCUT2D eigenvalue weighted by Crippen LogP contribution is 2.24. The number of halogens is 1. The quantitative estimate of drug-likeness (QED) is 0.741. The minimum Gasteiger partial charge on any atom is -0.333 e. The van der Waals surface area contributed by atoms with Crippen molar-refractivity contribution >= 4 is 34.1 Å². The van der Waals surface area contributed by atoms with Gasteiger partial charge in [0.25, 0.3) is 0 Å². The lowest BCUT2D eigenvalue weighted by atomic mass is 10.1. The number of anilines is 2. The summed E-state index contributed by atoms with van der Waals surface area (Å²) >= 11 is 0. The third kappa shape index (κ3) is 3.60. The molecular formula is C21H18FN3O2. The van der Waals surface area contributed by atoms with Crippen LogP contribution in [-0.4, -0.2) is 24.5 Å². The molecule has 0 spiro atoms. The smallest absolute Gasteiger partial charge is 0.319 e. The van der Waals surface area contributed by atoms with Crippen LogP contribution in [0.25, 0.3) is 10.8 Å². The topological polar surface area (TPSA) is 61.4 Å². The fourth-order valence-electron chi connectivity index (χ4n) is 3.38.